The van der Waals surface area contributed by atoms with Crippen molar-refractivity contribution in [3.8, 4) is 0 Å². The zero-order valence-electron chi connectivity index (χ0n) is 21.2. The summed E-state index contributed by atoms with van der Waals surface area (Å²) in [7, 11) is -7.64. The van der Waals surface area contributed by atoms with Gasteiger partial charge < -0.3 is 10.0 Å². The molecule has 1 heterocycles. The average molecular weight is 596 g/mol. The van der Waals surface area contributed by atoms with Crippen molar-refractivity contribution in [2.45, 2.75) is 60.1 Å². The Bertz CT molecular complexity index is 1330. The third-order valence-electron chi connectivity index (χ3n) is 6.87. The minimum absolute atomic E-state index is 0.0226. The Morgan fingerprint density at radius 3 is 2.24 bits per heavy atom. The van der Waals surface area contributed by atoms with Crippen molar-refractivity contribution in [2.75, 3.05) is 31.1 Å². The molecule has 0 bridgehead atoms. The number of anilines is 1. The van der Waals surface area contributed by atoms with Crippen LogP contribution < -0.4 is 9.62 Å². The number of rotatable bonds is 9. The van der Waals surface area contributed by atoms with Crippen LogP contribution in [0.15, 0.2) is 58.3 Å². The van der Waals surface area contributed by atoms with E-state index >= 15 is 0 Å². The molecule has 14 heteroatoms. The first-order chi connectivity index (χ1) is 17.5. The molecule has 0 amide bonds. The summed E-state index contributed by atoms with van der Waals surface area (Å²) in [6.45, 7) is 3.97. The SMILES string of the molecule is CC[C@@H](C)S(=O)(=O)NC[C@H]1CN(S(=O)(=O)c2ccccc2S)CCN1c1ccc([C@](C)(O)C(F)(F)F)cc1. The first kappa shape index (κ1) is 30.7. The molecule has 212 valence electrons. The van der Waals surface area contributed by atoms with Crippen LogP contribution in [-0.2, 0) is 25.6 Å². The van der Waals surface area contributed by atoms with Crippen LogP contribution in [0.25, 0.3) is 0 Å². The van der Waals surface area contributed by atoms with Crippen LogP contribution in [0.3, 0.4) is 0 Å². The van der Waals surface area contributed by atoms with E-state index in [-0.39, 0.29) is 41.5 Å². The lowest BCUT2D eigenvalue weighted by atomic mass is 9.95. The molecule has 2 N–H and O–H groups in total. The number of piperazine rings is 1. The van der Waals surface area contributed by atoms with E-state index in [4.69, 9.17) is 0 Å². The molecule has 2 aromatic rings. The molecule has 0 spiro atoms. The molecule has 3 rings (SSSR count). The lowest BCUT2D eigenvalue weighted by Crippen LogP contribution is -2.58. The standard InChI is InChI=1S/C24H32F3N3O5S3/c1-4-17(2)37(32,33)28-15-20-16-29(38(34,35)22-8-6-5-7-21(22)36)13-14-30(20)19-11-9-18(10-12-19)23(3,31)24(25,26)27/h5-12,17,20,28,31,36H,4,13-16H2,1-3H3/t17-,20+,23+/m1/s1. The smallest absolute Gasteiger partial charge is 0.376 e. The highest BCUT2D eigenvalue weighted by Gasteiger charge is 2.51. The summed E-state index contributed by atoms with van der Waals surface area (Å²) >= 11 is 4.27. The molecule has 0 saturated carbocycles. The molecule has 3 atom stereocenters. The number of aliphatic hydroxyl groups is 1. The number of nitrogens with zero attached hydrogens (tertiary/aromatic N) is 2. The maximum Gasteiger partial charge on any atom is 0.421 e. The molecule has 1 fully saturated rings. The number of sulfonamides is 2. The predicted octanol–water partition coefficient (Wildman–Crippen LogP) is 3.34. The first-order valence-electron chi connectivity index (χ1n) is 11.9. The van der Waals surface area contributed by atoms with Crippen molar-refractivity contribution in [3.63, 3.8) is 0 Å². The lowest BCUT2D eigenvalue weighted by molar-refractivity contribution is -0.258. The Morgan fingerprint density at radius 2 is 1.68 bits per heavy atom. The van der Waals surface area contributed by atoms with Crippen molar-refractivity contribution in [3.05, 3.63) is 54.1 Å². The molecule has 2 aromatic carbocycles. The lowest BCUT2D eigenvalue weighted by Gasteiger charge is -2.42. The highest BCUT2D eigenvalue weighted by molar-refractivity contribution is 7.90. The van der Waals surface area contributed by atoms with E-state index in [2.05, 4.69) is 17.4 Å². The summed E-state index contributed by atoms with van der Waals surface area (Å²) < 4.78 is 95.7. The van der Waals surface area contributed by atoms with Crippen LogP contribution in [0.2, 0.25) is 0 Å². The van der Waals surface area contributed by atoms with Gasteiger partial charge in [0.1, 0.15) is 0 Å². The molecule has 0 aliphatic carbocycles. The first-order valence-corrected chi connectivity index (χ1v) is 15.4. The van der Waals surface area contributed by atoms with E-state index in [1.807, 2.05) is 0 Å². The summed E-state index contributed by atoms with van der Waals surface area (Å²) in [5.41, 5.74) is -2.94. The topological polar surface area (TPSA) is 107 Å². The van der Waals surface area contributed by atoms with E-state index < -0.39 is 43.1 Å². The van der Waals surface area contributed by atoms with Gasteiger partial charge in [0.2, 0.25) is 20.0 Å². The second kappa shape index (κ2) is 11.3. The molecular weight excluding hydrogens is 563 g/mol. The number of hydrogen-bond donors (Lipinski definition) is 3. The summed E-state index contributed by atoms with van der Waals surface area (Å²) in [4.78, 5) is 2.05. The van der Waals surface area contributed by atoms with Gasteiger partial charge in [-0.15, -0.1) is 12.6 Å². The van der Waals surface area contributed by atoms with Crippen molar-refractivity contribution in [1.29, 1.82) is 0 Å². The maximum atomic E-state index is 13.4. The van der Waals surface area contributed by atoms with E-state index in [0.29, 0.717) is 19.0 Å². The molecule has 1 saturated heterocycles. The fraction of sp³-hybridized carbons (Fsp3) is 0.500. The third-order valence-corrected chi connectivity index (χ3v) is 11.3. The zero-order chi connectivity index (χ0) is 28.5. The number of benzene rings is 2. The zero-order valence-corrected chi connectivity index (χ0v) is 23.7. The van der Waals surface area contributed by atoms with Gasteiger partial charge in [0.15, 0.2) is 5.60 Å². The molecule has 0 radical (unpaired) electrons. The van der Waals surface area contributed by atoms with Gasteiger partial charge in [-0.3, -0.25) is 0 Å². The average Bonchev–Trinajstić information content (AvgIpc) is 2.86. The van der Waals surface area contributed by atoms with Gasteiger partial charge in [-0.1, -0.05) is 31.2 Å². The monoisotopic (exact) mass is 595 g/mol. The van der Waals surface area contributed by atoms with Gasteiger partial charge >= 0.3 is 6.18 Å². The van der Waals surface area contributed by atoms with Gasteiger partial charge in [0.25, 0.3) is 0 Å². The van der Waals surface area contributed by atoms with Crippen LogP contribution in [-0.4, -0.2) is 69.9 Å². The van der Waals surface area contributed by atoms with Gasteiger partial charge in [-0.05, 0) is 50.1 Å². The summed E-state index contributed by atoms with van der Waals surface area (Å²) in [6, 6.07) is 10.7. The summed E-state index contributed by atoms with van der Waals surface area (Å²) in [5, 5.41) is 9.32. The van der Waals surface area contributed by atoms with Crippen LogP contribution in [0, 0.1) is 0 Å². The minimum atomic E-state index is -4.88. The molecule has 38 heavy (non-hydrogen) atoms. The number of thiol groups is 1. The van der Waals surface area contributed by atoms with E-state index in [0.717, 1.165) is 12.1 Å². The third kappa shape index (κ3) is 6.31. The van der Waals surface area contributed by atoms with E-state index in [1.54, 1.807) is 36.9 Å². The predicted molar refractivity (Wildman–Crippen MR) is 142 cm³/mol. The van der Waals surface area contributed by atoms with E-state index in [1.165, 1.54) is 22.5 Å². The van der Waals surface area contributed by atoms with Gasteiger partial charge in [0, 0.05) is 36.8 Å². The Labute approximate surface area is 227 Å². The quantitative estimate of drug-likeness (QED) is 0.384. The van der Waals surface area contributed by atoms with Crippen molar-refractivity contribution < 1.29 is 35.1 Å². The van der Waals surface area contributed by atoms with Crippen molar-refractivity contribution >= 4 is 38.4 Å². The number of hydrogen-bond acceptors (Lipinski definition) is 7. The van der Waals surface area contributed by atoms with Crippen LogP contribution >= 0.6 is 12.6 Å². The second-order valence-electron chi connectivity index (χ2n) is 9.41. The van der Waals surface area contributed by atoms with Gasteiger partial charge in [-0.25, -0.2) is 21.6 Å². The Hall–Kier alpha value is -1.84. The number of alkyl halides is 3. The molecule has 1 aliphatic rings. The van der Waals surface area contributed by atoms with Crippen LogP contribution in [0.4, 0.5) is 18.9 Å². The molecule has 0 unspecified atom stereocenters. The number of halogens is 3. The van der Waals surface area contributed by atoms with E-state index in [9.17, 15) is 35.1 Å². The minimum Gasteiger partial charge on any atom is -0.376 e. The number of nitrogens with one attached hydrogen (secondary N) is 1. The molecule has 0 aromatic heterocycles. The van der Waals surface area contributed by atoms with Crippen LogP contribution in [0.5, 0.6) is 0 Å². The van der Waals surface area contributed by atoms with Gasteiger partial charge in [-0.2, -0.15) is 17.5 Å². The fourth-order valence-corrected chi connectivity index (χ4v) is 7.30. The highest BCUT2D eigenvalue weighted by Crippen LogP contribution is 2.39. The summed E-state index contributed by atoms with van der Waals surface area (Å²) in [6.07, 6.45) is -4.50. The second-order valence-corrected chi connectivity index (χ2v) is 14.0. The fourth-order valence-electron chi connectivity index (χ4n) is 4.09. The Balaban J connectivity index is 1.93. The summed E-state index contributed by atoms with van der Waals surface area (Å²) in [5.74, 6) is 0. The van der Waals surface area contributed by atoms with Crippen molar-refractivity contribution in [1.82, 2.24) is 9.03 Å². The Kier molecular flexibility index (Phi) is 9.16. The van der Waals surface area contributed by atoms with Crippen molar-refractivity contribution in [2.24, 2.45) is 0 Å². The molecule has 8 nitrogen and oxygen atoms in total. The normalized spacial score (nSPS) is 20.2. The molecular formula is C24H32F3N3O5S3. The van der Waals surface area contributed by atoms with Crippen LogP contribution in [0.1, 0.15) is 32.8 Å². The van der Waals surface area contributed by atoms with Gasteiger partial charge in [0.05, 0.1) is 16.2 Å². The largest absolute Gasteiger partial charge is 0.421 e. The molecule has 1 aliphatic heterocycles. The maximum absolute atomic E-state index is 13.4. The highest BCUT2D eigenvalue weighted by atomic mass is 32.2. The Morgan fingerprint density at radius 1 is 1.08 bits per heavy atom.